The van der Waals surface area contributed by atoms with Gasteiger partial charge in [-0.05, 0) is 12.1 Å². The third-order valence-electron chi connectivity index (χ3n) is 2.78. The van der Waals surface area contributed by atoms with Crippen LogP contribution in [0.3, 0.4) is 0 Å². The Bertz CT molecular complexity index is 576. The van der Waals surface area contributed by atoms with E-state index in [-0.39, 0.29) is 5.91 Å². The van der Waals surface area contributed by atoms with Gasteiger partial charge in [0.05, 0.1) is 0 Å². The average Bonchev–Trinajstić information content (AvgIpc) is 2.82. The zero-order chi connectivity index (χ0) is 13.8. The third-order valence-corrected chi connectivity index (χ3v) is 2.78. The number of nitrogens with one attached hydrogen (secondary N) is 1. The van der Waals surface area contributed by atoms with Crippen LogP contribution in [0.1, 0.15) is 16.1 Å². The molecule has 0 saturated heterocycles. The molecule has 0 atom stereocenters. The van der Waals surface area contributed by atoms with Crippen LogP contribution in [0.5, 0.6) is 0 Å². The summed E-state index contributed by atoms with van der Waals surface area (Å²) in [4.78, 5) is 18.2. The summed E-state index contributed by atoms with van der Waals surface area (Å²) < 4.78 is 1.55. The molecular formula is C13H17N5O. The Morgan fingerprint density at radius 1 is 1.37 bits per heavy atom. The minimum Gasteiger partial charge on any atom is -0.362 e. The molecule has 2 aromatic heterocycles. The molecule has 0 fully saturated rings. The maximum atomic E-state index is 12.0. The van der Waals surface area contributed by atoms with Gasteiger partial charge in [0.2, 0.25) is 0 Å². The molecule has 0 saturated carbocycles. The van der Waals surface area contributed by atoms with Crippen LogP contribution in [0.2, 0.25) is 0 Å². The van der Waals surface area contributed by atoms with Crippen LogP contribution in [-0.2, 0) is 13.6 Å². The van der Waals surface area contributed by atoms with Crippen LogP contribution < -0.4 is 10.2 Å². The number of hydrogen-bond donors (Lipinski definition) is 1. The van der Waals surface area contributed by atoms with Gasteiger partial charge in [-0.25, -0.2) is 4.98 Å². The van der Waals surface area contributed by atoms with Crippen molar-refractivity contribution < 1.29 is 4.79 Å². The third kappa shape index (κ3) is 2.90. The van der Waals surface area contributed by atoms with Crippen molar-refractivity contribution in [3.63, 3.8) is 0 Å². The predicted octanol–water partition coefficient (Wildman–Crippen LogP) is 0.811. The van der Waals surface area contributed by atoms with Gasteiger partial charge in [-0.3, -0.25) is 9.48 Å². The Balaban J connectivity index is 2.07. The second-order valence-corrected chi connectivity index (χ2v) is 4.40. The predicted molar refractivity (Wildman–Crippen MR) is 72.9 cm³/mol. The number of aryl methyl sites for hydroxylation is 1. The highest BCUT2D eigenvalue weighted by Gasteiger charge is 2.11. The van der Waals surface area contributed by atoms with Crippen molar-refractivity contribution in [2.24, 2.45) is 7.05 Å². The highest BCUT2D eigenvalue weighted by atomic mass is 16.2. The first kappa shape index (κ1) is 13.1. The number of carbonyl (C=O) groups is 1. The van der Waals surface area contributed by atoms with Gasteiger partial charge in [-0.2, -0.15) is 5.10 Å². The second kappa shape index (κ2) is 5.51. The lowest BCUT2D eigenvalue weighted by Gasteiger charge is -2.16. The first-order chi connectivity index (χ1) is 9.09. The molecule has 1 N–H and O–H groups in total. The summed E-state index contributed by atoms with van der Waals surface area (Å²) in [6, 6.07) is 5.50. The zero-order valence-corrected chi connectivity index (χ0v) is 11.3. The zero-order valence-electron chi connectivity index (χ0n) is 11.3. The summed E-state index contributed by atoms with van der Waals surface area (Å²) in [7, 11) is 5.59. The molecule has 0 spiro atoms. The Morgan fingerprint density at radius 3 is 2.79 bits per heavy atom. The highest BCUT2D eigenvalue weighted by molar-refractivity contribution is 5.92. The highest BCUT2D eigenvalue weighted by Crippen LogP contribution is 2.13. The Labute approximate surface area is 112 Å². The average molecular weight is 259 g/mol. The van der Waals surface area contributed by atoms with Crippen LogP contribution in [0.25, 0.3) is 0 Å². The van der Waals surface area contributed by atoms with E-state index in [1.54, 1.807) is 30.2 Å². The molecule has 6 nitrogen and oxygen atoms in total. The molecule has 6 heteroatoms. The maximum absolute atomic E-state index is 12.0. The van der Waals surface area contributed by atoms with E-state index < -0.39 is 0 Å². The van der Waals surface area contributed by atoms with E-state index in [2.05, 4.69) is 15.4 Å². The fourth-order valence-corrected chi connectivity index (χ4v) is 1.83. The van der Waals surface area contributed by atoms with Gasteiger partial charge < -0.3 is 10.2 Å². The SMILES string of the molecule is CN(C)c1ncccc1CNC(=O)c1ccnn1C. The standard InChI is InChI=1S/C13H17N5O/c1-17(2)12-10(5-4-7-14-12)9-15-13(19)11-6-8-16-18(11)3/h4-8H,9H2,1-3H3,(H,15,19). The lowest BCUT2D eigenvalue weighted by molar-refractivity contribution is 0.0941. The second-order valence-electron chi connectivity index (χ2n) is 4.40. The van der Waals surface area contributed by atoms with E-state index in [1.807, 2.05) is 31.1 Å². The summed E-state index contributed by atoms with van der Waals surface area (Å²) in [6.45, 7) is 0.436. The van der Waals surface area contributed by atoms with Gasteiger partial charge in [-0.1, -0.05) is 6.07 Å². The number of rotatable bonds is 4. The van der Waals surface area contributed by atoms with E-state index in [9.17, 15) is 4.79 Å². The van der Waals surface area contributed by atoms with Gasteiger partial charge >= 0.3 is 0 Å². The van der Waals surface area contributed by atoms with Crippen LogP contribution in [0.15, 0.2) is 30.6 Å². The molecule has 100 valence electrons. The lowest BCUT2D eigenvalue weighted by atomic mass is 10.2. The van der Waals surface area contributed by atoms with Gasteiger partial charge in [0, 0.05) is 45.6 Å². The molecule has 19 heavy (non-hydrogen) atoms. The van der Waals surface area contributed by atoms with Crippen molar-refractivity contribution in [3.8, 4) is 0 Å². The molecule has 2 heterocycles. The minimum absolute atomic E-state index is 0.145. The van der Waals surface area contributed by atoms with Crippen molar-refractivity contribution in [2.45, 2.75) is 6.54 Å². The summed E-state index contributed by atoms with van der Waals surface area (Å²) in [5.41, 5.74) is 1.51. The number of anilines is 1. The van der Waals surface area contributed by atoms with E-state index in [4.69, 9.17) is 0 Å². The van der Waals surface area contributed by atoms with E-state index in [0.29, 0.717) is 12.2 Å². The normalized spacial score (nSPS) is 10.3. The molecule has 2 aromatic rings. The smallest absolute Gasteiger partial charge is 0.269 e. The fourth-order valence-electron chi connectivity index (χ4n) is 1.83. The van der Waals surface area contributed by atoms with Crippen LogP contribution in [0.4, 0.5) is 5.82 Å². The van der Waals surface area contributed by atoms with E-state index >= 15 is 0 Å². The molecule has 0 unspecified atom stereocenters. The Kier molecular flexibility index (Phi) is 3.79. The van der Waals surface area contributed by atoms with Crippen molar-refractivity contribution in [1.82, 2.24) is 20.1 Å². The Morgan fingerprint density at radius 2 is 2.16 bits per heavy atom. The number of aromatic nitrogens is 3. The lowest BCUT2D eigenvalue weighted by Crippen LogP contribution is -2.26. The van der Waals surface area contributed by atoms with Crippen molar-refractivity contribution in [1.29, 1.82) is 0 Å². The molecule has 0 aliphatic rings. The first-order valence-electron chi connectivity index (χ1n) is 5.97. The monoisotopic (exact) mass is 259 g/mol. The molecule has 0 bridgehead atoms. The van der Waals surface area contributed by atoms with Crippen molar-refractivity contribution in [3.05, 3.63) is 41.9 Å². The molecule has 0 aromatic carbocycles. The summed E-state index contributed by atoms with van der Waals surface area (Å²) in [5.74, 6) is 0.710. The summed E-state index contributed by atoms with van der Waals surface area (Å²) in [6.07, 6.45) is 3.34. The number of hydrogen-bond acceptors (Lipinski definition) is 4. The van der Waals surface area contributed by atoms with Gasteiger partial charge in [0.15, 0.2) is 0 Å². The molecule has 0 aliphatic heterocycles. The summed E-state index contributed by atoms with van der Waals surface area (Å²) >= 11 is 0. The van der Waals surface area contributed by atoms with Crippen LogP contribution >= 0.6 is 0 Å². The molecule has 1 amide bonds. The number of carbonyl (C=O) groups excluding carboxylic acids is 1. The fraction of sp³-hybridized carbons (Fsp3) is 0.308. The van der Waals surface area contributed by atoms with Crippen LogP contribution in [-0.4, -0.2) is 34.8 Å². The van der Waals surface area contributed by atoms with Gasteiger partial charge in [0.25, 0.3) is 5.91 Å². The van der Waals surface area contributed by atoms with E-state index in [0.717, 1.165) is 11.4 Å². The molecule has 2 rings (SSSR count). The van der Waals surface area contributed by atoms with Crippen molar-refractivity contribution in [2.75, 3.05) is 19.0 Å². The van der Waals surface area contributed by atoms with Crippen LogP contribution in [0, 0.1) is 0 Å². The minimum atomic E-state index is -0.145. The first-order valence-corrected chi connectivity index (χ1v) is 5.97. The topological polar surface area (TPSA) is 63.1 Å². The summed E-state index contributed by atoms with van der Waals surface area (Å²) in [5, 5.41) is 6.84. The molecule has 0 radical (unpaired) electrons. The molecule has 0 aliphatic carbocycles. The van der Waals surface area contributed by atoms with Gasteiger partial charge in [-0.15, -0.1) is 0 Å². The molecular weight excluding hydrogens is 242 g/mol. The number of pyridine rings is 1. The Hall–Kier alpha value is -2.37. The number of nitrogens with zero attached hydrogens (tertiary/aromatic N) is 4. The maximum Gasteiger partial charge on any atom is 0.269 e. The largest absolute Gasteiger partial charge is 0.362 e. The number of amides is 1. The quantitative estimate of drug-likeness (QED) is 0.882. The van der Waals surface area contributed by atoms with Crippen molar-refractivity contribution >= 4 is 11.7 Å². The van der Waals surface area contributed by atoms with E-state index in [1.165, 1.54) is 0 Å². The van der Waals surface area contributed by atoms with Gasteiger partial charge in [0.1, 0.15) is 11.5 Å².